The van der Waals surface area contributed by atoms with Crippen molar-refractivity contribution in [2.45, 2.75) is 45.8 Å². The summed E-state index contributed by atoms with van der Waals surface area (Å²) in [6, 6.07) is 2.01. The molecular weight excluding hydrogens is 282 g/mol. The number of nitrogens with one attached hydrogen (secondary N) is 1. The van der Waals surface area contributed by atoms with Gasteiger partial charge in [-0.1, -0.05) is 6.92 Å². The van der Waals surface area contributed by atoms with Crippen molar-refractivity contribution in [2.24, 2.45) is 0 Å². The molecule has 0 fully saturated rings. The number of ether oxygens (including phenoxy) is 1. The average Bonchev–Trinajstić information content (AvgIpc) is 2.63. The number of hydrogen-bond acceptors (Lipinski definition) is 3. The minimum atomic E-state index is -0.134. The van der Waals surface area contributed by atoms with E-state index in [0.717, 1.165) is 23.2 Å². The van der Waals surface area contributed by atoms with Crippen molar-refractivity contribution in [1.82, 2.24) is 5.32 Å². The van der Waals surface area contributed by atoms with E-state index in [9.17, 15) is 0 Å². The molecule has 1 atom stereocenters. The smallest absolute Gasteiger partial charge is 0.137 e. The monoisotopic (exact) mass is 303 g/mol. The third-order valence-electron chi connectivity index (χ3n) is 2.29. The Labute approximate surface area is 112 Å². The Morgan fingerprint density at radius 2 is 2.18 bits per heavy atom. The van der Waals surface area contributed by atoms with E-state index in [4.69, 9.17) is 9.15 Å². The van der Waals surface area contributed by atoms with E-state index in [2.05, 4.69) is 48.9 Å². The molecule has 1 N–H and O–H groups in total. The van der Waals surface area contributed by atoms with Crippen molar-refractivity contribution in [2.75, 3.05) is 13.2 Å². The van der Waals surface area contributed by atoms with Crippen molar-refractivity contribution in [1.29, 1.82) is 0 Å². The van der Waals surface area contributed by atoms with Crippen LogP contribution in [0.1, 0.15) is 45.9 Å². The molecule has 0 amide bonds. The van der Waals surface area contributed by atoms with Crippen molar-refractivity contribution in [3.8, 4) is 0 Å². The average molecular weight is 304 g/mol. The highest BCUT2D eigenvalue weighted by Gasteiger charge is 2.20. The van der Waals surface area contributed by atoms with Gasteiger partial charge < -0.3 is 14.5 Å². The lowest BCUT2D eigenvalue weighted by Crippen LogP contribution is -2.30. The summed E-state index contributed by atoms with van der Waals surface area (Å²) < 4.78 is 12.3. The summed E-state index contributed by atoms with van der Waals surface area (Å²) in [5, 5.41) is 3.44. The summed E-state index contributed by atoms with van der Waals surface area (Å²) in [5.74, 6) is 0.905. The van der Waals surface area contributed by atoms with Crippen LogP contribution < -0.4 is 5.32 Å². The lowest BCUT2D eigenvalue weighted by Gasteiger charge is -2.24. The van der Waals surface area contributed by atoms with Gasteiger partial charge in [-0.15, -0.1) is 0 Å². The Hall–Kier alpha value is -0.320. The standard InChI is InChI=1S/C13H22BrNO2/c1-5-7-15-11(9-17-13(2,3)4)12-10(14)6-8-16-12/h6,8,11,15H,5,7,9H2,1-4H3. The van der Waals surface area contributed by atoms with Crippen LogP contribution in [-0.4, -0.2) is 18.8 Å². The summed E-state index contributed by atoms with van der Waals surface area (Å²) in [4.78, 5) is 0. The lowest BCUT2D eigenvalue weighted by atomic mass is 10.1. The quantitative estimate of drug-likeness (QED) is 0.865. The molecule has 3 nitrogen and oxygen atoms in total. The molecule has 1 aromatic rings. The van der Waals surface area contributed by atoms with Gasteiger partial charge in [0, 0.05) is 0 Å². The second-order valence-electron chi connectivity index (χ2n) is 5.06. The summed E-state index contributed by atoms with van der Waals surface area (Å²) in [7, 11) is 0. The van der Waals surface area contributed by atoms with Crippen molar-refractivity contribution >= 4 is 15.9 Å². The van der Waals surface area contributed by atoms with Crippen molar-refractivity contribution in [3.05, 3.63) is 22.6 Å². The van der Waals surface area contributed by atoms with Gasteiger partial charge in [0.2, 0.25) is 0 Å². The molecule has 1 aromatic heterocycles. The third-order valence-corrected chi connectivity index (χ3v) is 2.94. The third kappa shape index (κ3) is 5.23. The molecule has 0 aliphatic heterocycles. The maximum Gasteiger partial charge on any atom is 0.137 e. The van der Waals surface area contributed by atoms with E-state index in [-0.39, 0.29) is 11.6 Å². The van der Waals surface area contributed by atoms with Crippen LogP contribution in [0.25, 0.3) is 0 Å². The van der Waals surface area contributed by atoms with Gasteiger partial charge in [-0.2, -0.15) is 0 Å². The molecule has 0 aromatic carbocycles. The van der Waals surface area contributed by atoms with Crippen LogP contribution in [-0.2, 0) is 4.74 Å². The molecule has 1 rings (SSSR count). The highest BCUT2D eigenvalue weighted by molar-refractivity contribution is 9.10. The van der Waals surface area contributed by atoms with Gasteiger partial charge in [0.25, 0.3) is 0 Å². The Kier molecular flexibility index (Phi) is 5.70. The fourth-order valence-corrected chi connectivity index (χ4v) is 1.91. The van der Waals surface area contributed by atoms with Crippen molar-refractivity contribution < 1.29 is 9.15 Å². The molecule has 1 unspecified atom stereocenters. The zero-order chi connectivity index (χ0) is 12.9. The maximum atomic E-state index is 5.82. The fraction of sp³-hybridized carbons (Fsp3) is 0.692. The number of furan rings is 1. The van der Waals surface area contributed by atoms with Gasteiger partial charge in [0.15, 0.2) is 0 Å². The SMILES string of the molecule is CCCNC(COC(C)(C)C)c1occc1Br. The Morgan fingerprint density at radius 1 is 1.47 bits per heavy atom. The topological polar surface area (TPSA) is 34.4 Å². The highest BCUT2D eigenvalue weighted by Crippen LogP contribution is 2.26. The molecule has 98 valence electrons. The molecule has 0 saturated carbocycles. The van der Waals surface area contributed by atoms with Gasteiger partial charge in [-0.05, 0) is 55.7 Å². The van der Waals surface area contributed by atoms with Crippen molar-refractivity contribution in [3.63, 3.8) is 0 Å². The van der Waals surface area contributed by atoms with E-state index in [1.54, 1.807) is 6.26 Å². The predicted molar refractivity (Wildman–Crippen MR) is 73.1 cm³/mol. The molecule has 0 radical (unpaired) electrons. The molecule has 17 heavy (non-hydrogen) atoms. The van der Waals surface area contributed by atoms with Crippen LogP contribution in [0.4, 0.5) is 0 Å². The first-order valence-electron chi connectivity index (χ1n) is 6.04. The fourth-order valence-electron chi connectivity index (χ4n) is 1.43. The highest BCUT2D eigenvalue weighted by atomic mass is 79.9. The summed E-state index contributed by atoms with van der Waals surface area (Å²) in [5.41, 5.74) is -0.134. The summed E-state index contributed by atoms with van der Waals surface area (Å²) in [6.07, 6.45) is 2.78. The van der Waals surface area contributed by atoms with E-state index in [1.165, 1.54) is 0 Å². The van der Waals surface area contributed by atoms with E-state index < -0.39 is 0 Å². The molecule has 0 spiro atoms. The molecule has 0 saturated heterocycles. The maximum absolute atomic E-state index is 5.82. The van der Waals surface area contributed by atoms with Crippen LogP contribution in [0, 0.1) is 0 Å². The van der Waals surface area contributed by atoms with Gasteiger partial charge in [-0.25, -0.2) is 0 Å². The first kappa shape index (κ1) is 14.7. The minimum Gasteiger partial charge on any atom is -0.466 e. The molecule has 0 bridgehead atoms. The van der Waals surface area contributed by atoms with E-state index in [0.29, 0.717) is 6.61 Å². The summed E-state index contributed by atoms with van der Waals surface area (Å²) >= 11 is 3.49. The second-order valence-corrected chi connectivity index (χ2v) is 5.92. The number of halogens is 1. The van der Waals surface area contributed by atoms with Crippen LogP contribution in [0.15, 0.2) is 21.2 Å². The second kappa shape index (κ2) is 6.57. The largest absolute Gasteiger partial charge is 0.466 e. The molecular formula is C13H22BrNO2. The Balaban J connectivity index is 2.64. The summed E-state index contributed by atoms with van der Waals surface area (Å²) in [6.45, 7) is 9.87. The zero-order valence-corrected chi connectivity index (χ0v) is 12.6. The molecule has 0 aliphatic rings. The van der Waals surface area contributed by atoms with Gasteiger partial charge in [-0.3, -0.25) is 0 Å². The number of hydrogen-bond donors (Lipinski definition) is 1. The first-order chi connectivity index (χ1) is 7.94. The molecule has 1 heterocycles. The molecule has 4 heteroatoms. The predicted octanol–water partition coefficient (Wildman–Crippen LogP) is 3.90. The van der Waals surface area contributed by atoms with Gasteiger partial charge in [0.1, 0.15) is 5.76 Å². The van der Waals surface area contributed by atoms with Gasteiger partial charge >= 0.3 is 0 Å². The van der Waals surface area contributed by atoms with Crippen LogP contribution in [0.2, 0.25) is 0 Å². The van der Waals surface area contributed by atoms with E-state index >= 15 is 0 Å². The number of rotatable bonds is 6. The molecule has 0 aliphatic carbocycles. The zero-order valence-electron chi connectivity index (χ0n) is 11.0. The first-order valence-corrected chi connectivity index (χ1v) is 6.83. The van der Waals surface area contributed by atoms with Crippen LogP contribution in [0.5, 0.6) is 0 Å². The van der Waals surface area contributed by atoms with E-state index in [1.807, 2.05) is 6.07 Å². The van der Waals surface area contributed by atoms with Gasteiger partial charge in [0.05, 0.1) is 29.0 Å². The Bertz CT molecular complexity index is 330. The Morgan fingerprint density at radius 3 is 2.65 bits per heavy atom. The lowest BCUT2D eigenvalue weighted by molar-refractivity contribution is -0.0173. The van der Waals surface area contributed by atoms with Crippen LogP contribution >= 0.6 is 15.9 Å². The minimum absolute atomic E-state index is 0.0959. The van der Waals surface area contributed by atoms with Crippen LogP contribution in [0.3, 0.4) is 0 Å². The normalized spacial score (nSPS) is 13.9.